The van der Waals surface area contributed by atoms with E-state index in [1.807, 2.05) is 0 Å². The minimum absolute atomic E-state index is 0.0819. The van der Waals surface area contributed by atoms with Crippen LogP contribution >= 0.6 is 0 Å². The average Bonchev–Trinajstić information content (AvgIpc) is 2.25. The molecule has 0 fully saturated rings. The van der Waals surface area contributed by atoms with Gasteiger partial charge in [0.05, 0.1) is 5.56 Å². The van der Waals surface area contributed by atoms with Crippen LogP contribution in [0.3, 0.4) is 0 Å². The van der Waals surface area contributed by atoms with Crippen LogP contribution in [-0.4, -0.2) is 23.9 Å². The van der Waals surface area contributed by atoms with Crippen molar-refractivity contribution in [2.45, 2.75) is 19.5 Å². The summed E-state index contributed by atoms with van der Waals surface area (Å²) in [6, 6.07) is 3.88. The van der Waals surface area contributed by atoms with Crippen molar-refractivity contribution in [2.75, 3.05) is 6.61 Å². The minimum Gasteiger partial charge on any atom is -0.484 e. The number of rotatable bonds is 4. The number of hydrogen-bond donors (Lipinski definition) is 1. The summed E-state index contributed by atoms with van der Waals surface area (Å²) >= 11 is 0. The first-order chi connectivity index (χ1) is 7.81. The van der Waals surface area contributed by atoms with Gasteiger partial charge in [0.25, 0.3) is 0 Å². The molecular weight excluding hydrogens is 237 g/mol. The molecule has 3 nitrogen and oxygen atoms in total. The molecule has 0 radical (unpaired) electrons. The molecule has 94 valence electrons. The molecule has 0 atom stereocenters. The number of aryl methyl sites for hydroxylation is 1. The van der Waals surface area contributed by atoms with E-state index < -0.39 is 18.8 Å². The van der Waals surface area contributed by atoms with Crippen molar-refractivity contribution in [1.82, 2.24) is 0 Å². The highest BCUT2D eigenvalue weighted by Gasteiger charge is 2.28. The van der Waals surface area contributed by atoms with Gasteiger partial charge in [-0.3, -0.25) is 0 Å². The quantitative estimate of drug-likeness (QED) is 0.891. The van der Waals surface area contributed by atoms with Gasteiger partial charge < -0.3 is 9.84 Å². The lowest BCUT2D eigenvalue weighted by Crippen LogP contribution is -2.19. The Kier molecular flexibility index (Phi) is 3.98. The van der Waals surface area contributed by atoms with Crippen LogP contribution < -0.4 is 4.74 Å². The summed E-state index contributed by atoms with van der Waals surface area (Å²) in [6.45, 7) is 0.341. The molecule has 1 N–H and O–H groups in total. The number of alkyl halides is 3. The lowest BCUT2D eigenvalue weighted by Gasteiger charge is -2.11. The first kappa shape index (κ1) is 13.3. The van der Waals surface area contributed by atoms with Crippen LogP contribution in [0.5, 0.6) is 5.75 Å². The van der Waals surface area contributed by atoms with Gasteiger partial charge in [-0.25, -0.2) is 4.79 Å². The highest BCUT2D eigenvalue weighted by molar-refractivity contribution is 5.88. The monoisotopic (exact) mass is 248 g/mol. The summed E-state index contributed by atoms with van der Waals surface area (Å²) in [4.78, 5) is 10.7. The van der Waals surface area contributed by atoms with Crippen LogP contribution in [0.25, 0.3) is 0 Å². The van der Waals surface area contributed by atoms with Crippen molar-refractivity contribution in [3.8, 4) is 5.75 Å². The molecule has 0 amide bonds. The predicted molar refractivity (Wildman–Crippen MR) is 54.3 cm³/mol. The Balaban J connectivity index is 2.91. The van der Waals surface area contributed by atoms with Crippen LogP contribution in [0.4, 0.5) is 13.2 Å². The van der Waals surface area contributed by atoms with Crippen molar-refractivity contribution >= 4 is 5.97 Å². The van der Waals surface area contributed by atoms with Crippen LogP contribution in [0.15, 0.2) is 18.2 Å². The fourth-order valence-electron chi connectivity index (χ4n) is 1.24. The molecule has 0 saturated carbocycles. The lowest BCUT2D eigenvalue weighted by atomic mass is 10.1. The minimum atomic E-state index is -4.44. The van der Waals surface area contributed by atoms with E-state index in [1.165, 1.54) is 12.1 Å². The van der Waals surface area contributed by atoms with Crippen LogP contribution in [0, 0.1) is 0 Å². The molecule has 0 bridgehead atoms. The Morgan fingerprint density at radius 3 is 2.47 bits per heavy atom. The van der Waals surface area contributed by atoms with E-state index in [9.17, 15) is 18.0 Å². The van der Waals surface area contributed by atoms with E-state index in [4.69, 9.17) is 5.11 Å². The van der Waals surface area contributed by atoms with Gasteiger partial charge in [-0.15, -0.1) is 0 Å². The lowest BCUT2D eigenvalue weighted by molar-refractivity contribution is -0.153. The first-order valence-electron chi connectivity index (χ1n) is 4.88. The fraction of sp³-hybridized carbons (Fsp3) is 0.364. The van der Waals surface area contributed by atoms with Crippen molar-refractivity contribution in [3.05, 3.63) is 29.3 Å². The second-order valence-corrected chi connectivity index (χ2v) is 3.43. The molecule has 0 aliphatic heterocycles. The smallest absolute Gasteiger partial charge is 0.422 e. The summed E-state index contributed by atoms with van der Waals surface area (Å²) < 4.78 is 40.3. The van der Waals surface area contributed by atoms with E-state index in [0.29, 0.717) is 12.0 Å². The van der Waals surface area contributed by atoms with Crippen molar-refractivity contribution in [1.29, 1.82) is 0 Å². The zero-order valence-electron chi connectivity index (χ0n) is 9.04. The highest BCUT2D eigenvalue weighted by Crippen LogP contribution is 2.21. The third kappa shape index (κ3) is 4.34. The standard InChI is InChI=1S/C11H11F3O3/c1-2-7-3-8(10(15)16)5-9(4-7)17-6-11(12,13)14/h3-5H,2,6H2,1H3,(H,15,16). The molecule has 0 unspecified atom stereocenters. The number of ether oxygens (including phenoxy) is 1. The number of carboxylic acids is 1. The fourth-order valence-corrected chi connectivity index (χ4v) is 1.24. The van der Waals surface area contributed by atoms with Crippen molar-refractivity contribution < 1.29 is 27.8 Å². The normalized spacial score (nSPS) is 11.3. The molecule has 0 spiro atoms. The average molecular weight is 248 g/mol. The molecule has 0 aliphatic carbocycles. The maximum atomic E-state index is 11.9. The number of halogens is 3. The summed E-state index contributed by atoms with van der Waals surface area (Å²) in [5.74, 6) is -1.28. The van der Waals surface area contributed by atoms with Gasteiger partial charge in [-0.05, 0) is 30.2 Å². The summed E-state index contributed by atoms with van der Waals surface area (Å²) in [5.41, 5.74) is 0.531. The van der Waals surface area contributed by atoms with Gasteiger partial charge in [0.2, 0.25) is 0 Å². The maximum Gasteiger partial charge on any atom is 0.422 e. The Labute approximate surface area is 95.8 Å². The van der Waals surface area contributed by atoms with Crippen LogP contribution in [0.2, 0.25) is 0 Å². The summed E-state index contributed by atoms with van der Waals surface area (Å²) in [6.07, 6.45) is -3.92. The van der Waals surface area contributed by atoms with Gasteiger partial charge >= 0.3 is 12.1 Å². The predicted octanol–water partition coefficient (Wildman–Crippen LogP) is 2.89. The second kappa shape index (κ2) is 5.07. The molecule has 17 heavy (non-hydrogen) atoms. The Bertz CT molecular complexity index is 413. The SMILES string of the molecule is CCc1cc(OCC(F)(F)F)cc(C(=O)O)c1. The van der Waals surface area contributed by atoms with Gasteiger partial charge in [0.1, 0.15) is 5.75 Å². The van der Waals surface area contributed by atoms with Crippen molar-refractivity contribution in [3.63, 3.8) is 0 Å². The van der Waals surface area contributed by atoms with Gasteiger partial charge in [0.15, 0.2) is 6.61 Å². The Hall–Kier alpha value is -1.72. The zero-order chi connectivity index (χ0) is 13.1. The van der Waals surface area contributed by atoms with E-state index in [-0.39, 0.29) is 11.3 Å². The molecule has 1 aromatic rings. The molecule has 0 aromatic heterocycles. The first-order valence-corrected chi connectivity index (χ1v) is 4.88. The third-order valence-corrected chi connectivity index (χ3v) is 2.02. The van der Waals surface area contributed by atoms with Gasteiger partial charge in [-0.2, -0.15) is 13.2 Å². The number of carbonyl (C=O) groups is 1. The second-order valence-electron chi connectivity index (χ2n) is 3.43. The van der Waals surface area contributed by atoms with E-state index in [2.05, 4.69) is 4.74 Å². The van der Waals surface area contributed by atoms with Gasteiger partial charge in [-0.1, -0.05) is 6.92 Å². The molecule has 0 aliphatic rings. The van der Waals surface area contributed by atoms with Crippen molar-refractivity contribution in [2.24, 2.45) is 0 Å². The van der Waals surface area contributed by atoms with Crippen LogP contribution in [-0.2, 0) is 6.42 Å². The molecular formula is C11H11F3O3. The zero-order valence-corrected chi connectivity index (χ0v) is 9.04. The summed E-state index contributed by atoms with van der Waals surface area (Å²) in [7, 11) is 0. The maximum absolute atomic E-state index is 11.9. The number of benzene rings is 1. The molecule has 6 heteroatoms. The Morgan fingerprint density at radius 1 is 1.35 bits per heavy atom. The van der Waals surface area contributed by atoms with E-state index in [1.54, 1.807) is 6.92 Å². The largest absolute Gasteiger partial charge is 0.484 e. The Morgan fingerprint density at radius 2 is 2.00 bits per heavy atom. The number of aromatic carboxylic acids is 1. The molecule has 0 saturated heterocycles. The number of carboxylic acid groups (broad SMARTS) is 1. The van der Waals surface area contributed by atoms with E-state index >= 15 is 0 Å². The highest BCUT2D eigenvalue weighted by atomic mass is 19.4. The topological polar surface area (TPSA) is 46.5 Å². The molecule has 1 aromatic carbocycles. The van der Waals surface area contributed by atoms with Gasteiger partial charge in [0, 0.05) is 0 Å². The summed E-state index contributed by atoms with van der Waals surface area (Å²) in [5, 5.41) is 8.78. The third-order valence-electron chi connectivity index (χ3n) is 2.02. The van der Waals surface area contributed by atoms with E-state index in [0.717, 1.165) is 6.07 Å². The molecule has 0 heterocycles. The molecule has 1 rings (SSSR count). The number of hydrogen-bond acceptors (Lipinski definition) is 2. The van der Waals surface area contributed by atoms with Crippen LogP contribution in [0.1, 0.15) is 22.8 Å².